The molecule has 3 aromatic rings. The van der Waals surface area contributed by atoms with Crippen molar-refractivity contribution in [3.63, 3.8) is 0 Å². The SMILES string of the molecule is CCCn1ncc(-c2ccnc(N3CCC(c4ccncc4)CC3)n2)c1C. The predicted octanol–water partition coefficient (Wildman–Crippen LogP) is 3.84. The average Bonchev–Trinajstić information content (AvgIpc) is 3.10. The highest BCUT2D eigenvalue weighted by atomic mass is 15.3. The van der Waals surface area contributed by atoms with Gasteiger partial charge >= 0.3 is 0 Å². The van der Waals surface area contributed by atoms with Crippen molar-refractivity contribution in [1.82, 2.24) is 24.7 Å². The smallest absolute Gasteiger partial charge is 0.225 e. The third kappa shape index (κ3) is 3.70. The summed E-state index contributed by atoms with van der Waals surface area (Å²) >= 11 is 0. The van der Waals surface area contributed by atoms with E-state index in [1.54, 1.807) is 0 Å². The molecule has 0 aliphatic carbocycles. The number of piperidine rings is 1. The van der Waals surface area contributed by atoms with Crippen LogP contribution in [0.3, 0.4) is 0 Å². The van der Waals surface area contributed by atoms with E-state index in [-0.39, 0.29) is 0 Å². The molecule has 0 unspecified atom stereocenters. The van der Waals surface area contributed by atoms with E-state index in [9.17, 15) is 0 Å². The zero-order chi connectivity index (χ0) is 18.6. The van der Waals surface area contributed by atoms with E-state index in [1.165, 1.54) is 5.56 Å². The number of hydrogen-bond acceptors (Lipinski definition) is 5. The largest absolute Gasteiger partial charge is 0.341 e. The number of anilines is 1. The minimum Gasteiger partial charge on any atom is -0.341 e. The van der Waals surface area contributed by atoms with E-state index in [1.807, 2.05) is 30.9 Å². The molecule has 3 aromatic heterocycles. The van der Waals surface area contributed by atoms with Crippen LogP contribution >= 0.6 is 0 Å². The summed E-state index contributed by atoms with van der Waals surface area (Å²) in [6.45, 7) is 7.17. The standard InChI is InChI=1S/C21H26N6/c1-3-12-27-16(2)19(15-24-27)20-6-11-23-21(25-20)26-13-7-18(8-14-26)17-4-9-22-10-5-17/h4-6,9-11,15,18H,3,7-8,12-14H2,1-2H3. The summed E-state index contributed by atoms with van der Waals surface area (Å²) in [7, 11) is 0. The predicted molar refractivity (Wildman–Crippen MR) is 107 cm³/mol. The molecule has 0 aromatic carbocycles. The number of nitrogens with zero attached hydrogens (tertiary/aromatic N) is 6. The van der Waals surface area contributed by atoms with Crippen LogP contribution in [-0.2, 0) is 6.54 Å². The summed E-state index contributed by atoms with van der Waals surface area (Å²) < 4.78 is 2.05. The zero-order valence-electron chi connectivity index (χ0n) is 16.0. The summed E-state index contributed by atoms with van der Waals surface area (Å²) in [6.07, 6.45) is 10.9. The zero-order valence-corrected chi connectivity index (χ0v) is 16.0. The van der Waals surface area contributed by atoms with Gasteiger partial charge in [-0.25, -0.2) is 9.97 Å². The molecule has 0 saturated carbocycles. The van der Waals surface area contributed by atoms with Crippen molar-refractivity contribution < 1.29 is 0 Å². The van der Waals surface area contributed by atoms with Crippen molar-refractivity contribution >= 4 is 5.95 Å². The Balaban J connectivity index is 1.49. The summed E-state index contributed by atoms with van der Waals surface area (Å²) in [6, 6.07) is 6.25. The Morgan fingerprint density at radius 2 is 1.85 bits per heavy atom. The molecule has 0 N–H and O–H groups in total. The van der Waals surface area contributed by atoms with Gasteiger partial charge in [-0.3, -0.25) is 9.67 Å². The van der Waals surface area contributed by atoms with Gasteiger partial charge in [0.2, 0.25) is 5.95 Å². The lowest BCUT2D eigenvalue weighted by atomic mass is 9.90. The Morgan fingerprint density at radius 1 is 1.07 bits per heavy atom. The van der Waals surface area contributed by atoms with Gasteiger partial charge in [0.25, 0.3) is 0 Å². The van der Waals surface area contributed by atoms with E-state index in [0.717, 1.165) is 61.8 Å². The first kappa shape index (κ1) is 17.6. The highest BCUT2D eigenvalue weighted by molar-refractivity contribution is 5.62. The number of pyridine rings is 1. The van der Waals surface area contributed by atoms with Gasteiger partial charge in [0.15, 0.2) is 0 Å². The molecule has 6 heteroatoms. The molecule has 1 saturated heterocycles. The van der Waals surface area contributed by atoms with Crippen LogP contribution in [-0.4, -0.2) is 37.8 Å². The first-order valence-corrected chi connectivity index (χ1v) is 9.77. The molecule has 1 aliphatic rings. The fraction of sp³-hybridized carbons (Fsp3) is 0.429. The van der Waals surface area contributed by atoms with Crippen molar-refractivity contribution in [2.24, 2.45) is 0 Å². The normalized spacial score (nSPS) is 15.3. The van der Waals surface area contributed by atoms with Crippen LogP contribution in [0.25, 0.3) is 11.3 Å². The van der Waals surface area contributed by atoms with Gasteiger partial charge in [0.1, 0.15) is 0 Å². The van der Waals surface area contributed by atoms with Gasteiger partial charge in [0.05, 0.1) is 11.9 Å². The fourth-order valence-corrected chi connectivity index (χ4v) is 3.83. The molecular weight excluding hydrogens is 336 g/mol. The van der Waals surface area contributed by atoms with Gasteiger partial charge in [-0.05, 0) is 55.9 Å². The number of hydrogen-bond donors (Lipinski definition) is 0. The summed E-state index contributed by atoms with van der Waals surface area (Å²) in [5.74, 6) is 1.42. The minimum atomic E-state index is 0.599. The molecule has 1 fully saturated rings. The molecule has 1 aliphatic heterocycles. The maximum Gasteiger partial charge on any atom is 0.225 e. The summed E-state index contributed by atoms with van der Waals surface area (Å²) in [5, 5.41) is 4.51. The van der Waals surface area contributed by atoms with Crippen molar-refractivity contribution in [3.8, 4) is 11.3 Å². The van der Waals surface area contributed by atoms with E-state index >= 15 is 0 Å². The maximum absolute atomic E-state index is 4.85. The van der Waals surface area contributed by atoms with Crippen LogP contribution in [0.1, 0.15) is 43.4 Å². The Morgan fingerprint density at radius 3 is 2.59 bits per heavy atom. The first-order valence-electron chi connectivity index (χ1n) is 9.77. The first-order chi connectivity index (χ1) is 13.3. The lowest BCUT2D eigenvalue weighted by Crippen LogP contribution is -2.34. The third-order valence-corrected chi connectivity index (χ3v) is 5.41. The van der Waals surface area contributed by atoms with E-state index in [4.69, 9.17) is 4.98 Å². The van der Waals surface area contributed by atoms with Crippen LogP contribution in [0.15, 0.2) is 43.0 Å². The van der Waals surface area contributed by atoms with Gasteiger partial charge in [0, 0.05) is 49.5 Å². The molecule has 4 heterocycles. The molecule has 0 atom stereocenters. The number of aryl methyl sites for hydroxylation is 1. The lowest BCUT2D eigenvalue weighted by molar-refractivity contribution is 0.499. The van der Waals surface area contributed by atoms with Crippen molar-refractivity contribution in [3.05, 3.63) is 54.2 Å². The summed E-state index contributed by atoms with van der Waals surface area (Å²) in [4.78, 5) is 15.8. The van der Waals surface area contributed by atoms with E-state index in [0.29, 0.717) is 5.92 Å². The fourth-order valence-electron chi connectivity index (χ4n) is 3.83. The Bertz CT molecular complexity index is 881. The van der Waals surface area contributed by atoms with Gasteiger partial charge in [-0.2, -0.15) is 5.10 Å². The summed E-state index contributed by atoms with van der Waals surface area (Å²) in [5.41, 5.74) is 4.60. The Hall–Kier alpha value is -2.76. The number of rotatable bonds is 5. The monoisotopic (exact) mass is 362 g/mol. The van der Waals surface area contributed by atoms with E-state index < -0.39 is 0 Å². The van der Waals surface area contributed by atoms with Crippen molar-refractivity contribution in [2.45, 2.75) is 45.6 Å². The van der Waals surface area contributed by atoms with Gasteiger partial charge in [-0.1, -0.05) is 6.92 Å². The molecule has 0 bridgehead atoms. The average molecular weight is 362 g/mol. The van der Waals surface area contributed by atoms with Crippen LogP contribution in [0.2, 0.25) is 0 Å². The quantitative estimate of drug-likeness (QED) is 0.690. The van der Waals surface area contributed by atoms with Crippen LogP contribution in [0, 0.1) is 6.92 Å². The molecule has 4 rings (SSSR count). The number of aromatic nitrogens is 5. The Kier molecular flexibility index (Phi) is 5.14. The highest BCUT2D eigenvalue weighted by Crippen LogP contribution is 2.30. The second-order valence-corrected chi connectivity index (χ2v) is 7.15. The van der Waals surface area contributed by atoms with Crippen molar-refractivity contribution in [1.29, 1.82) is 0 Å². The van der Waals surface area contributed by atoms with E-state index in [2.05, 4.69) is 50.6 Å². The molecular formula is C21H26N6. The second-order valence-electron chi connectivity index (χ2n) is 7.15. The van der Waals surface area contributed by atoms with Gasteiger partial charge < -0.3 is 4.90 Å². The molecule has 27 heavy (non-hydrogen) atoms. The van der Waals surface area contributed by atoms with Crippen LogP contribution in [0.5, 0.6) is 0 Å². The van der Waals surface area contributed by atoms with Gasteiger partial charge in [-0.15, -0.1) is 0 Å². The third-order valence-electron chi connectivity index (χ3n) is 5.41. The van der Waals surface area contributed by atoms with Crippen molar-refractivity contribution in [2.75, 3.05) is 18.0 Å². The maximum atomic E-state index is 4.85. The minimum absolute atomic E-state index is 0.599. The topological polar surface area (TPSA) is 59.7 Å². The molecule has 6 nitrogen and oxygen atoms in total. The molecule has 0 radical (unpaired) electrons. The molecule has 0 spiro atoms. The molecule has 0 amide bonds. The second kappa shape index (κ2) is 7.86. The molecule has 140 valence electrons. The lowest BCUT2D eigenvalue weighted by Gasteiger charge is -2.32. The Labute approximate surface area is 160 Å². The van der Waals surface area contributed by atoms with Crippen LogP contribution < -0.4 is 4.90 Å². The highest BCUT2D eigenvalue weighted by Gasteiger charge is 2.22. The van der Waals surface area contributed by atoms with Crippen LogP contribution in [0.4, 0.5) is 5.95 Å².